The van der Waals surface area contributed by atoms with Crippen LogP contribution in [0, 0.1) is 18.8 Å². The van der Waals surface area contributed by atoms with Gasteiger partial charge in [-0.1, -0.05) is 24.3 Å². The van der Waals surface area contributed by atoms with Crippen LogP contribution in [0.2, 0.25) is 0 Å². The molecule has 2 N–H and O–H groups in total. The van der Waals surface area contributed by atoms with E-state index >= 15 is 0 Å². The number of aliphatic hydroxyl groups is 1. The van der Waals surface area contributed by atoms with Crippen LogP contribution in [0.5, 0.6) is 5.75 Å². The lowest BCUT2D eigenvalue weighted by Crippen LogP contribution is -2.44. The fraction of sp³-hybridized carbons (Fsp3) is 0.553. The number of ether oxygens (including phenoxy) is 2. The van der Waals surface area contributed by atoms with E-state index in [-0.39, 0.29) is 43.6 Å². The summed E-state index contributed by atoms with van der Waals surface area (Å²) in [5, 5.41) is 16.5. The molecule has 0 radical (unpaired) electrons. The number of rotatable bonds is 13. The molecule has 47 heavy (non-hydrogen) atoms. The summed E-state index contributed by atoms with van der Waals surface area (Å²) in [5.41, 5.74) is 5.69. The minimum absolute atomic E-state index is 0.0425. The molecule has 1 heterocycles. The second kappa shape index (κ2) is 15.5. The number of nitrogens with one attached hydrogen (secondary N) is 1. The van der Waals surface area contributed by atoms with Crippen LogP contribution in [0.15, 0.2) is 54.9 Å². The van der Waals surface area contributed by atoms with Gasteiger partial charge in [0.25, 0.3) is 0 Å². The Kier molecular flexibility index (Phi) is 10.9. The SMILES string of the molecule is COc1ccc([C@H]2CC[C@H](CN(c3cccc(-c4cnn(C5CC5)c4)c3)C(=O)[C@H]3CC[C@H](NC(=O)COCCO)CC3)CC2)cc1C. The lowest BCUT2D eigenvalue weighted by Gasteiger charge is -2.36. The van der Waals surface area contributed by atoms with E-state index in [1.54, 1.807) is 7.11 Å². The molecule has 0 saturated heterocycles. The molecule has 3 aromatic rings. The normalized spacial score (nSPS) is 22.9. The van der Waals surface area contributed by atoms with Crippen molar-refractivity contribution in [1.82, 2.24) is 15.1 Å². The molecule has 0 aliphatic heterocycles. The Labute approximate surface area is 278 Å². The van der Waals surface area contributed by atoms with E-state index in [4.69, 9.17) is 14.6 Å². The average Bonchev–Trinajstić information content (AvgIpc) is 3.83. The number of carbonyl (C=O) groups is 2. The molecule has 0 bridgehead atoms. The summed E-state index contributed by atoms with van der Waals surface area (Å²) >= 11 is 0. The van der Waals surface area contributed by atoms with Gasteiger partial charge >= 0.3 is 0 Å². The summed E-state index contributed by atoms with van der Waals surface area (Å²) in [6.07, 6.45) is 13.9. The van der Waals surface area contributed by atoms with Crippen molar-refractivity contribution in [2.24, 2.45) is 11.8 Å². The zero-order valence-electron chi connectivity index (χ0n) is 27.9. The van der Waals surface area contributed by atoms with Crippen molar-refractivity contribution in [3.63, 3.8) is 0 Å². The molecular weight excluding hydrogens is 592 g/mol. The van der Waals surface area contributed by atoms with Crippen LogP contribution in [0.4, 0.5) is 5.69 Å². The van der Waals surface area contributed by atoms with E-state index in [9.17, 15) is 9.59 Å². The quantitative estimate of drug-likeness (QED) is 0.215. The predicted molar refractivity (Wildman–Crippen MR) is 183 cm³/mol. The Morgan fingerprint density at radius 1 is 0.979 bits per heavy atom. The van der Waals surface area contributed by atoms with Gasteiger partial charge in [-0.3, -0.25) is 14.3 Å². The molecule has 0 atom stereocenters. The van der Waals surface area contributed by atoms with Crippen molar-refractivity contribution in [3.8, 4) is 16.9 Å². The highest BCUT2D eigenvalue weighted by molar-refractivity contribution is 5.95. The van der Waals surface area contributed by atoms with Crippen LogP contribution in [-0.4, -0.2) is 66.2 Å². The van der Waals surface area contributed by atoms with E-state index in [1.807, 2.05) is 6.20 Å². The summed E-state index contributed by atoms with van der Waals surface area (Å²) in [6.45, 7) is 2.82. The van der Waals surface area contributed by atoms with Crippen LogP contribution in [0.1, 0.15) is 87.3 Å². The first-order chi connectivity index (χ1) is 22.9. The molecule has 3 fully saturated rings. The Morgan fingerprint density at radius 2 is 1.77 bits per heavy atom. The van der Waals surface area contributed by atoms with Gasteiger partial charge in [0, 0.05) is 36.0 Å². The number of aliphatic hydroxyl groups excluding tert-OH is 1. The summed E-state index contributed by atoms with van der Waals surface area (Å²) in [7, 11) is 1.72. The molecule has 2 amide bonds. The van der Waals surface area contributed by atoms with Crippen LogP contribution >= 0.6 is 0 Å². The number of hydrogen-bond donors (Lipinski definition) is 2. The predicted octanol–water partition coefficient (Wildman–Crippen LogP) is 6.19. The molecule has 2 aromatic carbocycles. The molecule has 9 heteroatoms. The van der Waals surface area contributed by atoms with Crippen molar-refractivity contribution in [3.05, 3.63) is 66.0 Å². The Bertz CT molecular complexity index is 1500. The summed E-state index contributed by atoms with van der Waals surface area (Å²) in [4.78, 5) is 28.7. The van der Waals surface area contributed by atoms with Gasteiger partial charge in [0.1, 0.15) is 12.4 Å². The maximum Gasteiger partial charge on any atom is 0.246 e. The first kappa shape index (κ1) is 33.2. The smallest absolute Gasteiger partial charge is 0.246 e. The number of aromatic nitrogens is 2. The number of aryl methyl sites for hydroxylation is 1. The second-order valence-electron chi connectivity index (χ2n) is 13.8. The van der Waals surface area contributed by atoms with E-state index in [0.717, 1.165) is 80.5 Å². The fourth-order valence-corrected chi connectivity index (χ4v) is 7.50. The molecule has 3 aliphatic rings. The van der Waals surface area contributed by atoms with Crippen LogP contribution in [0.25, 0.3) is 11.1 Å². The van der Waals surface area contributed by atoms with Gasteiger partial charge < -0.3 is 24.8 Å². The van der Waals surface area contributed by atoms with Crippen molar-refractivity contribution >= 4 is 17.5 Å². The van der Waals surface area contributed by atoms with Gasteiger partial charge in [0.05, 0.1) is 32.6 Å². The molecule has 6 rings (SSSR count). The molecule has 0 unspecified atom stereocenters. The number of benzene rings is 2. The molecule has 0 spiro atoms. The van der Waals surface area contributed by atoms with E-state index < -0.39 is 0 Å². The highest BCUT2D eigenvalue weighted by atomic mass is 16.5. The topological polar surface area (TPSA) is 106 Å². The first-order valence-electron chi connectivity index (χ1n) is 17.5. The minimum Gasteiger partial charge on any atom is -0.496 e. The molecule has 3 saturated carbocycles. The fourth-order valence-electron chi connectivity index (χ4n) is 7.50. The third kappa shape index (κ3) is 8.43. The van der Waals surface area contributed by atoms with E-state index in [0.29, 0.717) is 17.9 Å². The standard InChI is InChI=1S/C38H50N4O5/c1-26-20-31(12-17-36(26)46-2)28-8-6-27(7-9-28)23-41(35-5-3-4-30(21-35)32-22-39-42(24-32)34-15-16-34)38(45)29-10-13-33(14-11-29)40-37(44)25-47-19-18-43/h3-5,12,17,20-22,24,27-29,33-34,43H,6-11,13-16,18-19,23,25H2,1-2H3,(H,40,44)/t27-,28-,29-,33-. The lowest BCUT2D eigenvalue weighted by atomic mass is 9.78. The van der Waals surface area contributed by atoms with Crippen LogP contribution < -0.4 is 15.0 Å². The van der Waals surface area contributed by atoms with Gasteiger partial charge in [0.15, 0.2) is 0 Å². The van der Waals surface area contributed by atoms with Crippen LogP contribution in [0.3, 0.4) is 0 Å². The molecular formula is C38H50N4O5. The third-order valence-electron chi connectivity index (χ3n) is 10.4. The number of hydrogen-bond acceptors (Lipinski definition) is 6. The number of methoxy groups -OCH3 is 1. The second-order valence-corrected chi connectivity index (χ2v) is 13.8. The number of nitrogens with zero attached hydrogens (tertiary/aromatic N) is 3. The largest absolute Gasteiger partial charge is 0.496 e. The third-order valence-corrected chi connectivity index (χ3v) is 10.4. The molecule has 9 nitrogen and oxygen atoms in total. The van der Waals surface area contributed by atoms with Crippen molar-refractivity contribution in [2.75, 3.05) is 38.4 Å². The average molecular weight is 643 g/mol. The van der Waals surface area contributed by atoms with E-state index in [1.165, 1.54) is 24.0 Å². The molecule has 1 aromatic heterocycles. The van der Waals surface area contributed by atoms with Gasteiger partial charge in [-0.15, -0.1) is 0 Å². The van der Waals surface area contributed by atoms with Crippen molar-refractivity contribution < 1.29 is 24.2 Å². The summed E-state index contributed by atoms with van der Waals surface area (Å²) in [6, 6.07) is 15.6. The Balaban J connectivity index is 1.14. The van der Waals surface area contributed by atoms with Gasteiger partial charge in [-0.2, -0.15) is 5.10 Å². The highest BCUT2D eigenvalue weighted by Crippen LogP contribution is 2.39. The summed E-state index contributed by atoms with van der Waals surface area (Å²) in [5.74, 6) is 1.85. The van der Waals surface area contributed by atoms with E-state index in [2.05, 4.69) is 75.6 Å². The Morgan fingerprint density at radius 3 is 2.47 bits per heavy atom. The highest BCUT2D eigenvalue weighted by Gasteiger charge is 2.33. The van der Waals surface area contributed by atoms with Crippen molar-refractivity contribution in [1.29, 1.82) is 0 Å². The number of amides is 2. The number of carbonyl (C=O) groups excluding carboxylic acids is 2. The zero-order valence-corrected chi connectivity index (χ0v) is 27.9. The monoisotopic (exact) mass is 642 g/mol. The van der Waals surface area contributed by atoms with Gasteiger partial charge in [-0.05, 0) is 118 Å². The van der Waals surface area contributed by atoms with Gasteiger partial charge in [-0.25, -0.2) is 0 Å². The maximum atomic E-state index is 14.4. The number of anilines is 1. The Hall–Kier alpha value is -3.69. The molecule has 252 valence electrons. The van der Waals surface area contributed by atoms with Crippen molar-refractivity contribution in [2.45, 2.75) is 89.1 Å². The minimum atomic E-state index is -0.169. The lowest BCUT2D eigenvalue weighted by molar-refractivity contribution is -0.127. The van der Waals surface area contributed by atoms with Gasteiger partial charge in [0.2, 0.25) is 11.8 Å². The zero-order chi connectivity index (χ0) is 32.8. The first-order valence-corrected chi connectivity index (χ1v) is 17.5. The summed E-state index contributed by atoms with van der Waals surface area (Å²) < 4.78 is 12.7. The van der Waals surface area contributed by atoms with Crippen LogP contribution in [-0.2, 0) is 14.3 Å². The maximum absolute atomic E-state index is 14.4. The molecule has 3 aliphatic carbocycles.